The number of hydrogen-bond acceptors (Lipinski definition) is 6. The van der Waals surface area contributed by atoms with Gasteiger partial charge in [0.1, 0.15) is 5.82 Å². The quantitative estimate of drug-likeness (QED) is 0.508. The first-order valence-electron chi connectivity index (χ1n) is 11.1. The first-order chi connectivity index (χ1) is 15.9. The second-order valence-corrected chi connectivity index (χ2v) is 8.35. The largest absolute Gasteiger partial charge is 0.396 e. The van der Waals surface area contributed by atoms with Gasteiger partial charge in [0.05, 0.1) is 11.3 Å². The number of nitrogens with one attached hydrogen (secondary N) is 1. The lowest BCUT2D eigenvalue weighted by Gasteiger charge is -2.47. The Morgan fingerprint density at radius 3 is 2.58 bits per heavy atom. The third kappa shape index (κ3) is 5.04. The average Bonchev–Trinajstić information content (AvgIpc) is 2.83. The number of aliphatic hydroxyl groups is 2. The molecule has 0 amide bonds. The molecule has 33 heavy (non-hydrogen) atoms. The smallest absolute Gasteiger partial charge is 0.345 e. The van der Waals surface area contributed by atoms with E-state index >= 15 is 0 Å². The highest BCUT2D eigenvalue weighted by molar-refractivity contribution is 5.58. The molecule has 0 bridgehead atoms. The van der Waals surface area contributed by atoms with E-state index in [1.807, 2.05) is 36.1 Å². The second-order valence-electron chi connectivity index (χ2n) is 8.35. The van der Waals surface area contributed by atoms with Crippen LogP contribution in [0.25, 0.3) is 11.3 Å². The molecule has 3 aromatic rings. The molecule has 3 N–H and O–H groups in total. The lowest BCUT2D eigenvalue weighted by molar-refractivity contribution is -0.298. The Balaban J connectivity index is 1.51. The Hall–Kier alpha value is -2.91. The van der Waals surface area contributed by atoms with Gasteiger partial charge in [-0.15, -0.1) is 0 Å². The van der Waals surface area contributed by atoms with Gasteiger partial charge in [0.2, 0.25) is 6.41 Å². The zero-order chi connectivity index (χ0) is 23.4. The van der Waals surface area contributed by atoms with Gasteiger partial charge in [0.25, 0.3) is 0 Å². The summed E-state index contributed by atoms with van der Waals surface area (Å²) in [6, 6.07) is 15.5. The van der Waals surface area contributed by atoms with Crippen LogP contribution in [-0.4, -0.2) is 44.6 Å². The third-order valence-electron chi connectivity index (χ3n) is 6.37. The molecule has 3 atom stereocenters. The van der Waals surface area contributed by atoms with E-state index in [2.05, 4.69) is 9.97 Å². The van der Waals surface area contributed by atoms with Gasteiger partial charge in [-0.1, -0.05) is 36.4 Å². The van der Waals surface area contributed by atoms with Crippen molar-refractivity contribution in [3.8, 4) is 11.3 Å². The van der Waals surface area contributed by atoms with Gasteiger partial charge in [0, 0.05) is 25.4 Å². The molecular formula is C25H28FN3O4. The van der Waals surface area contributed by atoms with E-state index in [1.54, 1.807) is 18.2 Å². The SMILES string of the molecule is C[C@@H](c1ccc(-c2ccnc(=O)[nH]2)cc1)N1CC[C@](CCCO)(c2ccc(F)cc2)OC1O. The summed E-state index contributed by atoms with van der Waals surface area (Å²) in [5, 5.41) is 20.3. The number of aromatic nitrogens is 2. The number of hydrogen-bond donors (Lipinski definition) is 3. The van der Waals surface area contributed by atoms with Crippen LogP contribution in [0.5, 0.6) is 0 Å². The van der Waals surface area contributed by atoms with Crippen LogP contribution in [0.4, 0.5) is 4.39 Å². The molecule has 1 fully saturated rings. The summed E-state index contributed by atoms with van der Waals surface area (Å²) in [5.41, 5.74) is 2.14. The van der Waals surface area contributed by atoms with Crippen molar-refractivity contribution in [1.82, 2.24) is 14.9 Å². The summed E-state index contributed by atoms with van der Waals surface area (Å²) in [7, 11) is 0. The number of benzene rings is 2. The van der Waals surface area contributed by atoms with Crippen molar-refractivity contribution < 1.29 is 19.3 Å². The lowest BCUT2D eigenvalue weighted by Crippen LogP contribution is -2.52. The van der Waals surface area contributed by atoms with Crippen LogP contribution in [0.15, 0.2) is 65.6 Å². The normalized spacial score (nSPS) is 22.2. The Morgan fingerprint density at radius 2 is 1.94 bits per heavy atom. The van der Waals surface area contributed by atoms with Gasteiger partial charge in [-0.05, 0) is 61.1 Å². The number of aromatic amines is 1. The molecule has 4 rings (SSSR count). The fourth-order valence-electron chi connectivity index (χ4n) is 4.46. The van der Waals surface area contributed by atoms with Crippen molar-refractivity contribution in [3.05, 3.63) is 88.2 Å². The first-order valence-corrected chi connectivity index (χ1v) is 11.1. The second kappa shape index (κ2) is 9.93. The number of ether oxygens (including phenoxy) is 1. The zero-order valence-electron chi connectivity index (χ0n) is 18.4. The topological polar surface area (TPSA) is 98.7 Å². The van der Waals surface area contributed by atoms with Gasteiger partial charge in [-0.3, -0.25) is 0 Å². The molecule has 174 valence electrons. The van der Waals surface area contributed by atoms with Crippen molar-refractivity contribution in [2.24, 2.45) is 0 Å². The van der Waals surface area contributed by atoms with Crippen LogP contribution in [0.2, 0.25) is 0 Å². The highest BCUT2D eigenvalue weighted by atomic mass is 19.1. The third-order valence-corrected chi connectivity index (χ3v) is 6.37. The predicted octanol–water partition coefficient (Wildman–Crippen LogP) is 3.30. The molecule has 0 saturated carbocycles. The minimum Gasteiger partial charge on any atom is -0.396 e. The Kier molecular flexibility index (Phi) is 6.99. The molecule has 0 radical (unpaired) electrons. The van der Waals surface area contributed by atoms with Gasteiger partial charge < -0.3 is 19.9 Å². The first kappa shape index (κ1) is 23.3. The molecule has 2 aromatic carbocycles. The van der Waals surface area contributed by atoms with Crippen molar-refractivity contribution in [2.75, 3.05) is 13.2 Å². The molecule has 2 heterocycles. The predicted molar refractivity (Wildman–Crippen MR) is 122 cm³/mol. The van der Waals surface area contributed by atoms with Crippen LogP contribution < -0.4 is 5.69 Å². The van der Waals surface area contributed by atoms with Crippen molar-refractivity contribution in [3.63, 3.8) is 0 Å². The van der Waals surface area contributed by atoms with E-state index in [0.29, 0.717) is 31.5 Å². The summed E-state index contributed by atoms with van der Waals surface area (Å²) >= 11 is 0. The van der Waals surface area contributed by atoms with E-state index in [4.69, 9.17) is 4.74 Å². The maximum atomic E-state index is 13.5. The van der Waals surface area contributed by atoms with Crippen molar-refractivity contribution >= 4 is 0 Å². The van der Waals surface area contributed by atoms with Gasteiger partial charge in [0.15, 0.2) is 0 Å². The summed E-state index contributed by atoms with van der Waals surface area (Å²) in [5.74, 6) is -0.332. The Bertz CT molecular complexity index is 1120. The van der Waals surface area contributed by atoms with Gasteiger partial charge in [-0.25, -0.2) is 19.1 Å². The summed E-state index contributed by atoms with van der Waals surface area (Å²) in [6.07, 6.45) is 1.94. The molecule has 1 aliphatic heterocycles. The van der Waals surface area contributed by atoms with Crippen LogP contribution in [0.1, 0.15) is 43.4 Å². The fraction of sp³-hybridized carbons (Fsp3) is 0.360. The molecule has 1 aliphatic rings. The summed E-state index contributed by atoms with van der Waals surface area (Å²) in [4.78, 5) is 19.7. The molecule has 7 nitrogen and oxygen atoms in total. The summed E-state index contributed by atoms with van der Waals surface area (Å²) < 4.78 is 19.6. The van der Waals surface area contributed by atoms with Gasteiger partial charge in [-0.2, -0.15) is 0 Å². The van der Waals surface area contributed by atoms with E-state index in [1.165, 1.54) is 18.3 Å². The fourth-order valence-corrected chi connectivity index (χ4v) is 4.46. The molecule has 1 aromatic heterocycles. The zero-order valence-corrected chi connectivity index (χ0v) is 18.4. The Morgan fingerprint density at radius 1 is 1.21 bits per heavy atom. The Labute approximate surface area is 191 Å². The molecule has 0 spiro atoms. The molecular weight excluding hydrogens is 425 g/mol. The number of rotatable bonds is 7. The van der Waals surface area contributed by atoms with Crippen molar-refractivity contribution in [2.45, 2.75) is 44.2 Å². The number of halogens is 1. The van der Waals surface area contributed by atoms with Crippen molar-refractivity contribution in [1.29, 1.82) is 0 Å². The maximum Gasteiger partial charge on any atom is 0.345 e. The number of nitrogens with zero attached hydrogens (tertiary/aromatic N) is 2. The number of H-pyrrole nitrogens is 1. The van der Waals surface area contributed by atoms with Gasteiger partial charge >= 0.3 is 5.69 Å². The van der Waals surface area contributed by atoms with Crippen LogP contribution in [0, 0.1) is 5.82 Å². The molecule has 8 heteroatoms. The highest BCUT2D eigenvalue weighted by Gasteiger charge is 2.42. The van der Waals surface area contributed by atoms with Crippen LogP contribution in [-0.2, 0) is 10.3 Å². The summed E-state index contributed by atoms with van der Waals surface area (Å²) in [6.45, 7) is 2.57. The van der Waals surface area contributed by atoms with E-state index in [-0.39, 0.29) is 18.5 Å². The number of aliphatic hydroxyl groups excluding tert-OH is 2. The maximum absolute atomic E-state index is 13.5. The minimum atomic E-state index is -1.16. The van der Waals surface area contributed by atoms with E-state index in [0.717, 1.165) is 16.7 Å². The van der Waals surface area contributed by atoms with Crippen LogP contribution in [0.3, 0.4) is 0 Å². The molecule has 1 saturated heterocycles. The monoisotopic (exact) mass is 453 g/mol. The highest BCUT2D eigenvalue weighted by Crippen LogP contribution is 2.41. The standard InChI is InChI=1S/C25H28FN3O4/c1-17(18-3-5-19(6-4-18)22-11-14-27-23(31)28-22)29-15-13-25(12-2-16-30,33-24(29)32)20-7-9-21(26)10-8-20/h3-11,14,17,24,30,32H,2,12-13,15-16H2,1H3,(H,27,28,31)/t17-,24?,25+/m0/s1. The lowest BCUT2D eigenvalue weighted by atomic mass is 9.84. The van der Waals surface area contributed by atoms with E-state index < -0.39 is 17.7 Å². The van der Waals surface area contributed by atoms with Crippen LogP contribution >= 0.6 is 0 Å². The average molecular weight is 454 g/mol. The minimum absolute atomic E-state index is 0.0115. The van der Waals surface area contributed by atoms with E-state index in [9.17, 15) is 19.4 Å². The molecule has 0 aliphatic carbocycles. The molecule has 1 unspecified atom stereocenters.